The molecular weight excluding hydrogens is 498 g/mol. The Bertz CT molecular complexity index is 822. The van der Waals surface area contributed by atoms with E-state index < -0.39 is 58.9 Å². The molecule has 33 heavy (non-hydrogen) atoms. The summed E-state index contributed by atoms with van der Waals surface area (Å²) in [5.41, 5.74) is -12.2. The third-order valence-electron chi connectivity index (χ3n) is 6.83. The average molecular weight is 535 g/mol. The first-order valence-corrected chi connectivity index (χ1v) is 14.1. The molecule has 2 rings (SSSR count). The Morgan fingerprint density at radius 1 is 0.727 bits per heavy atom. The van der Waals surface area contributed by atoms with E-state index in [9.17, 15) is 43.2 Å². The number of rotatable bonds is 7. The van der Waals surface area contributed by atoms with E-state index in [1.165, 1.54) is 56.7 Å². The molecule has 0 spiro atoms. The molecule has 0 bridgehead atoms. The highest BCUT2D eigenvalue weighted by Gasteiger charge is 2.82. The van der Waals surface area contributed by atoms with Gasteiger partial charge in [0.15, 0.2) is 0 Å². The summed E-state index contributed by atoms with van der Waals surface area (Å²) < 4.78 is 122. The first kappa shape index (κ1) is 30.4. The third-order valence-corrected chi connectivity index (χ3v) is 12.3. The normalized spacial score (nSPS) is 25.5. The maximum Gasteiger partial charge on any atom is 0.504 e. The molecule has 0 amide bonds. The van der Waals surface area contributed by atoms with Gasteiger partial charge in [-0.2, -0.15) is 26.3 Å². The second-order valence-electron chi connectivity index (χ2n) is 9.41. The van der Waals surface area contributed by atoms with Gasteiger partial charge in [-0.25, -0.2) is 16.8 Å². The molecule has 2 aliphatic rings. The highest BCUT2D eigenvalue weighted by Crippen LogP contribution is 2.53. The summed E-state index contributed by atoms with van der Waals surface area (Å²) in [4.78, 5) is 0. The molecule has 0 saturated carbocycles. The molecule has 14 heteroatoms. The lowest BCUT2D eigenvalue weighted by Crippen LogP contribution is -2.70. The summed E-state index contributed by atoms with van der Waals surface area (Å²) >= 11 is 0. The third kappa shape index (κ3) is 5.48. The van der Waals surface area contributed by atoms with E-state index in [4.69, 9.17) is 0 Å². The zero-order valence-electron chi connectivity index (χ0n) is 19.6. The number of alkyl halides is 6. The average Bonchev–Trinajstić information content (AvgIpc) is 3.24. The molecule has 1 unspecified atom stereocenters. The fourth-order valence-electron chi connectivity index (χ4n) is 5.08. The SMILES string of the molecule is CCCC[N+]1(C)CCCC1.CCC[N+]1(C)CCCC1(S(=O)(=O)C(F)(F)F)S(=O)(=O)C(F)(F)F. The first-order valence-electron chi connectivity index (χ1n) is 11.1. The van der Waals surface area contributed by atoms with E-state index >= 15 is 0 Å². The fraction of sp³-hybridized carbons (Fsp3) is 1.00. The van der Waals surface area contributed by atoms with Crippen molar-refractivity contribution in [3.63, 3.8) is 0 Å². The van der Waals surface area contributed by atoms with E-state index in [1.54, 1.807) is 0 Å². The molecular formula is C19H36F6N2O4S2+2. The molecule has 2 saturated heterocycles. The Hall–Kier alpha value is -0.600. The number of hydrogen-bond donors (Lipinski definition) is 0. The summed E-state index contributed by atoms with van der Waals surface area (Å²) in [5, 5.41) is 0. The maximum atomic E-state index is 13.0. The van der Waals surface area contributed by atoms with Crippen molar-refractivity contribution < 1.29 is 52.1 Å². The smallest absolute Gasteiger partial charge is 0.326 e. The summed E-state index contributed by atoms with van der Waals surface area (Å²) in [6.45, 7) is 7.09. The van der Waals surface area contributed by atoms with Crippen LogP contribution in [0.25, 0.3) is 0 Å². The quantitative estimate of drug-likeness (QED) is 0.363. The van der Waals surface area contributed by atoms with E-state index in [2.05, 4.69) is 14.0 Å². The predicted molar refractivity (Wildman–Crippen MR) is 113 cm³/mol. The molecule has 1 atom stereocenters. The number of nitrogens with zero attached hydrogens (tertiary/aromatic N) is 2. The van der Waals surface area contributed by atoms with Crippen molar-refractivity contribution in [3.05, 3.63) is 0 Å². The van der Waals surface area contributed by atoms with Crippen molar-refractivity contribution >= 4 is 19.7 Å². The molecule has 0 aliphatic carbocycles. The molecule has 6 nitrogen and oxygen atoms in total. The van der Waals surface area contributed by atoms with Crippen LogP contribution in [0.3, 0.4) is 0 Å². The van der Waals surface area contributed by atoms with Crippen molar-refractivity contribution in [2.24, 2.45) is 0 Å². The molecule has 0 aromatic rings. The van der Waals surface area contributed by atoms with Crippen molar-refractivity contribution in [1.82, 2.24) is 0 Å². The second kappa shape index (κ2) is 10.2. The molecule has 0 radical (unpaired) electrons. The molecule has 2 aliphatic heterocycles. The lowest BCUT2D eigenvalue weighted by atomic mass is 10.3. The molecule has 0 N–H and O–H groups in total. The minimum absolute atomic E-state index is 0.0129. The van der Waals surface area contributed by atoms with Gasteiger partial charge in [0.2, 0.25) is 0 Å². The Kier molecular flexibility index (Phi) is 9.38. The molecule has 0 aromatic heterocycles. The number of sulfone groups is 2. The van der Waals surface area contributed by atoms with Crippen molar-refractivity contribution in [3.8, 4) is 0 Å². The van der Waals surface area contributed by atoms with Gasteiger partial charge in [-0.1, -0.05) is 20.3 Å². The van der Waals surface area contributed by atoms with Gasteiger partial charge in [0.05, 0.1) is 46.8 Å². The molecule has 198 valence electrons. The number of hydrogen-bond acceptors (Lipinski definition) is 4. The standard InChI is InChI=1S/C10H16F6NO4S2.C9H20N/c1-3-6-17(2)7-4-5-8(17,22(18,19)9(11,12)13)23(20,21)10(14,15)16;1-3-4-7-10(2)8-5-6-9-10/h3-7H2,1-2H3;3-9H2,1-2H3/q2*+1. The topological polar surface area (TPSA) is 68.3 Å². The van der Waals surface area contributed by atoms with Crippen LogP contribution in [0.5, 0.6) is 0 Å². The number of likely N-dealkylation sites (tertiary alicyclic amines) is 2. The van der Waals surface area contributed by atoms with E-state index in [1.807, 2.05) is 0 Å². The number of unbranched alkanes of at least 4 members (excludes halogenated alkanes) is 1. The largest absolute Gasteiger partial charge is 0.504 e. The Morgan fingerprint density at radius 3 is 1.55 bits per heavy atom. The van der Waals surface area contributed by atoms with Crippen molar-refractivity contribution in [1.29, 1.82) is 0 Å². The zero-order chi connectivity index (χ0) is 26.0. The van der Waals surface area contributed by atoms with Crippen LogP contribution < -0.4 is 0 Å². The summed E-state index contributed by atoms with van der Waals surface area (Å²) in [6, 6.07) is 0. The lowest BCUT2D eigenvalue weighted by molar-refractivity contribution is -0.918. The summed E-state index contributed by atoms with van der Waals surface area (Å²) in [6.07, 6.45) is 4.05. The van der Waals surface area contributed by atoms with Gasteiger partial charge in [-0.15, -0.1) is 0 Å². The highest BCUT2D eigenvalue weighted by atomic mass is 32.3. The molecule has 2 heterocycles. The van der Waals surface area contributed by atoms with Crippen LogP contribution in [-0.4, -0.2) is 87.8 Å². The maximum absolute atomic E-state index is 13.0. The van der Waals surface area contributed by atoms with Crippen LogP contribution >= 0.6 is 0 Å². The van der Waals surface area contributed by atoms with Gasteiger partial charge in [0.25, 0.3) is 0 Å². The monoisotopic (exact) mass is 534 g/mol. The van der Waals surface area contributed by atoms with Gasteiger partial charge < -0.3 is 4.48 Å². The van der Waals surface area contributed by atoms with Gasteiger partial charge in [0.1, 0.15) is 0 Å². The van der Waals surface area contributed by atoms with Crippen LogP contribution in [0.2, 0.25) is 0 Å². The van der Waals surface area contributed by atoms with Gasteiger partial charge in [-0.3, -0.25) is 4.48 Å². The summed E-state index contributed by atoms with van der Waals surface area (Å²) in [7, 11) is -10.1. The fourth-order valence-corrected chi connectivity index (χ4v) is 9.88. The van der Waals surface area contributed by atoms with Crippen molar-refractivity contribution in [2.75, 3.05) is 46.8 Å². The van der Waals surface area contributed by atoms with Gasteiger partial charge in [-0.05, 0) is 12.8 Å². The van der Waals surface area contributed by atoms with Crippen LogP contribution in [-0.2, 0) is 19.7 Å². The van der Waals surface area contributed by atoms with Gasteiger partial charge >= 0.3 is 34.9 Å². The lowest BCUT2D eigenvalue weighted by Gasteiger charge is -2.44. The van der Waals surface area contributed by atoms with E-state index in [-0.39, 0.29) is 12.8 Å². The number of quaternary nitrogens is 2. The number of halogens is 6. The second-order valence-corrected chi connectivity index (χ2v) is 14.0. The van der Waals surface area contributed by atoms with Crippen LogP contribution in [0.1, 0.15) is 58.8 Å². The Balaban J connectivity index is 0.000000451. The van der Waals surface area contributed by atoms with Crippen LogP contribution in [0.15, 0.2) is 0 Å². The summed E-state index contributed by atoms with van der Waals surface area (Å²) in [5.74, 6) is 0. The zero-order valence-corrected chi connectivity index (χ0v) is 21.2. The molecule has 2 fully saturated rings. The minimum Gasteiger partial charge on any atom is -0.326 e. The molecule has 0 aromatic carbocycles. The highest BCUT2D eigenvalue weighted by molar-refractivity contribution is 8.10. The van der Waals surface area contributed by atoms with Gasteiger partial charge in [0, 0.05) is 25.7 Å². The predicted octanol–water partition coefficient (Wildman–Crippen LogP) is 4.19. The van der Waals surface area contributed by atoms with E-state index in [0.717, 1.165) is 7.05 Å². The van der Waals surface area contributed by atoms with Crippen molar-refractivity contribution in [2.45, 2.75) is 74.0 Å². The van der Waals surface area contributed by atoms with E-state index in [0.29, 0.717) is 0 Å². The van der Waals surface area contributed by atoms with Crippen LogP contribution in [0, 0.1) is 0 Å². The Labute approximate surface area is 192 Å². The first-order chi connectivity index (χ1) is 14.8. The van der Waals surface area contributed by atoms with Crippen LogP contribution in [0.4, 0.5) is 26.3 Å². The minimum atomic E-state index is -6.64. The Morgan fingerprint density at radius 2 is 1.18 bits per heavy atom.